The molecule has 0 aliphatic heterocycles. The molecule has 1 radical (unpaired) electrons. The van der Waals surface area contributed by atoms with Crippen LogP contribution in [0.1, 0.15) is 38.8 Å². The quantitative estimate of drug-likeness (QED) is 0.831. The summed E-state index contributed by atoms with van der Waals surface area (Å²) in [5, 5.41) is 10.7. The zero-order valence-corrected chi connectivity index (χ0v) is 13.0. The average molecular weight is 280 g/mol. The Morgan fingerprint density at radius 3 is 2.47 bits per heavy atom. The molecule has 2 nitrogen and oxygen atoms in total. The normalized spacial score (nSPS) is 13.0. The van der Waals surface area contributed by atoms with Crippen LogP contribution in [-0.4, -0.2) is 23.8 Å². The molecule has 0 aliphatic rings. The lowest BCUT2D eigenvalue weighted by atomic mass is 9.86. The summed E-state index contributed by atoms with van der Waals surface area (Å²) >= 11 is 6.05. The van der Waals surface area contributed by atoms with E-state index in [1.807, 2.05) is 51.0 Å². The minimum Gasteiger partial charge on any atom is -0.427 e. The Morgan fingerprint density at radius 2 is 1.89 bits per heavy atom. The molecule has 0 bridgehead atoms. The molecule has 0 saturated carbocycles. The molecular weight excluding hydrogens is 258 g/mol. The Morgan fingerprint density at radius 1 is 1.26 bits per heavy atom. The minimum atomic E-state index is -0.913. The van der Waals surface area contributed by atoms with Gasteiger partial charge < -0.3 is 9.76 Å². The molecule has 0 atom stereocenters. The second kappa shape index (κ2) is 6.12. The van der Waals surface area contributed by atoms with Crippen molar-refractivity contribution in [1.82, 2.24) is 0 Å². The molecule has 0 amide bonds. The van der Waals surface area contributed by atoms with Crippen LogP contribution in [0.5, 0.6) is 0 Å². The number of benzene rings is 1. The van der Waals surface area contributed by atoms with Crippen molar-refractivity contribution >= 4 is 25.2 Å². The van der Waals surface area contributed by atoms with Gasteiger partial charge in [0, 0.05) is 5.02 Å². The third-order valence-electron chi connectivity index (χ3n) is 3.50. The van der Waals surface area contributed by atoms with Crippen molar-refractivity contribution in [2.75, 3.05) is 0 Å². The minimum absolute atomic E-state index is 0.652. The molecule has 103 valence electrons. The Bertz CT molecular complexity index is 462. The number of halogens is 1. The zero-order chi connectivity index (χ0) is 14.7. The standard InChI is InChI=1S/C15H21BClO2/c1-11-12(7-6-8-13(11)17)9-10-16-19-15(4,5)14(2,3)18/h6-10,18H,1-5H3/b10-9+. The lowest BCUT2D eigenvalue weighted by Crippen LogP contribution is -2.47. The van der Waals surface area contributed by atoms with E-state index in [-0.39, 0.29) is 0 Å². The number of hydrogen-bond donors (Lipinski definition) is 1. The molecule has 0 spiro atoms. The summed E-state index contributed by atoms with van der Waals surface area (Å²) in [4.78, 5) is 0. The fraction of sp³-hybridized carbons (Fsp3) is 0.467. The lowest BCUT2D eigenvalue weighted by molar-refractivity contribution is -0.0894. The van der Waals surface area contributed by atoms with E-state index in [9.17, 15) is 5.11 Å². The summed E-state index contributed by atoms with van der Waals surface area (Å²) in [5.74, 6) is 1.81. The molecule has 1 rings (SSSR count). The van der Waals surface area contributed by atoms with E-state index in [1.54, 1.807) is 21.3 Å². The van der Waals surface area contributed by atoms with Crippen molar-refractivity contribution in [2.45, 2.75) is 45.8 Å². The van der Waals surface area contributed by atoms with Crippen LogP contribution in [0.2, 0.25) is 5.02 Å². The summed E-state index contributed by atoms with van der Waals surface area (Å²) in [6, 6.07) is 5.77. The molecule has 4 heteroatoms. The van der Waals surface area contributed by atoms with Gasteiger partial charge in [-0.05, 0) is 51.8 Å². The smallest absolute Gasteiger partial charge is 0.323 e. The Hall–Kier alpha value is -0.765. The highest BCUT2D eigenvalue weighted by Gasteiger charge is 2.35. The van der Waals surface area contributed by atoms with Crippen LogP contribution in [0.25, 0.3) is 6.08 Å². The maximum Gasteiger partial charge on any atom is 0.323 e. The van der Waals surface area contributed by atoms with Crippen LogP contribution >= 0.6 is 11.6 Å². The third kappa shape index (κ3) is 4.38. The first kappa shape index (κ1) is 16.3. The first-order valence-corrected chi connectivity index (χ1v) is 6.68. The van der Waals surface area contributed by atoms with Gasteiger partial charge in [0.25, 0.3) is 0 Å². The van der Waals surface area contributed by atoms with Crippen molar-refractivity contribution in [3.63, 3.8) is 0 Å². The molecule has 0 saturated heterocycles. The second-order valence-electron chi connectivity index (χ2n) is 5.64. The molecule has 0 aromatic heterocycles. The van der Waals surface area contributed by atoms with Gasteiger partial charge in [-0.2, -0.15) is 0 Å². The van der Waals surface area contributed by atoms with Gasteiger partial charge in [0.1, 0.15) is 0 Å². The molecule has 1 aromatic carbocycles. The van der Waals surface area contributed by atoms with Crippen LogP contribution in [0.3, 0.4) is 0 Å². The molecule has 1 aromatic rings. The van der Waals surface area contributed by atoms with Crippen LogP contribution in [-0.2, 0) is 4.65 Å². The highest BCUT2D eigenvalue weighted by Crippen LogP contribution is 2.24. The van der Waals surface area contributed by atoms with Crippen molar-refractivity contribution in [2.24, 2.45) is 0 Å². The van der Waals surface area contributed by atoms with Gasteiger partial charge in [-0.25, -0.2) is 0 Å². The fourth-order valence-electron chi connectivity index (χ4n) is 1.30. The molecule has 0 heterocycles. The van der Waals surface area contributed by atoms with Gasteiger partial charge in [-0.3, -0.25) is 0 Å². The van der Waals surface area contributed by atoms with E-state index in [1.165, 1.54) is 0 Å². The van der Waals surface area contributed by atoms with Crippen molar-refractivity contribution < 1.29 is 9.76 Å². The van der Waals surface area contributed by atoms with E-state index in [4.69, 9.17) is 16.3 Å². The number of rotatable bonds is 5. The van der Waals surface area contributed by atoms with Gasteiger partial charge in [0.05, 0.1) is 11.2 Å². The molecule has 1 N–H and O–H groups in total. The summed E-state index contributed by atoms with van der Waals surface area (Å²) in [7, 11) is 1.60. The van der Waals surface area contributed by atoms with Crippen LogP contribution in [0.15, 0.2) is 24.2 Å². The summed E-state index contributed by atoms with van der Waals surface area (Å²) in [6.45, 7) is 9.13. The zero-order valence-electron chi connectivity index (χ0n) is 12.2. The lowest BCUT2D eigenvalue weighted by Gasteiger charge is -2.37. The summed E-state index contributed by atoms with van der Waals surface area (Å²) in [5.41, 5.74) is 0.522. The van der Waals surface area contributed by atoms with Gasteiger partial charge in [-0.1, -0.05) is 35.8 Å². The van der Waals surface area contributed by atoms with Gasteiger partial charge in [-0.15, -0.1) is 0 Å². The summed E-state index contributed by atoms with van der Waals surface area (Å²) < 4.78 is 5.59. The molecule has 0 unspecified atom stereocenters. The third-order valence-corrected chi connectivity index (χ3v) is 3.91. The predicted molar refractivity (Wildman–Crippen MR) is 82.4 cm³/mol. The Kier molecular flexibility index (Phi) is 5.25. The second-order valence-corrected chi connectivity index (χ2v) is 6.04. The fourth-order valence-corrected chi connectivity index (χ4v) is 1.48. The monoisotopic (exact) mass is 279 g/mol. The van der Waals surface area contributed by atoms with E-state index in [0.29, 0.717) is 0 Å². The van der Waals surface area contributed by atoms with Crippen molar-refractivity contribution in [3.8, 4) is 0 Å². The molecule has 0 aliphatic carbocycles. The maximum atomic E-state index is 9.96. The van der Waals surface area contributed by atoms with Gasteiger partial charge in [0.15, 0.2) is 0 Å². The molecular formula is C15H21BClO2. The van der Waals surface area contributed by atoms with E-state index in [2.05, 4.69) is 0 Å². The van der Waals surface area contributed by atoms with Crippen molar-refractivity contribution in [1.29, 1.82) is 0 Å². The SMILES string of the molecule is Cc1c(Cl)cccc1/C=C/[B]OC(C)(C)C(C)(C)O. The van der Waals surface area contributed by atoms with E-state index >= 15 is 0 Å². The highest BCUT2D eigenvalue weighted by molar-refractivity contribution is 6.36. The van der Waals surface area contributed by atoms with Crippen molar-refractivity contribution in [3.05, 3.63) is 40.3 Å². The van der Waals surface area contributed by atoms with Gasteiger partial charge in [0.2, 0.25) is 0 Å². The highest BCUT2D eigenvalue weighted by atomic mass is 35.5. The maximum absolute atomic E-state index is 9.96. The number of hydrogen-bond acceptors (Lipinski definition) is 2. The molecule has 0 fully saturated rings. The topological polar surface area (TPSA) is 29.5 Å². The van der Waals surface area contributed by atoms with Crippen LogP contribution in [0.4, 0.5) is 0 Å². The average Bonchev–Trinajstić information content (AvgIpc) is 2.28. The largest absolute Gasteiger partial charge is 0.427 e. The predicted octanol–water partition coefficient (Wildman–Crippen LogP) is 3.80. The molecule has 19 heavy (non-hydrogen) atoms. The first-order chi connectivity index (χ1) is 8.65. The van der Waals surface area contributed by atoms with Gasteiger partial charge >= 0.3 is 7.48 Å². The van der Waals surface area contributed by atoms with Crippen LogP contribution in [0, 0.1) is 6.92 Å². The Balaban J connectivity index is 2.63. The Labute approximate surface area is 121 Å². The van der Waals surface area contributed by atoms with E-state index < -0.39 is 11.2 Å². The summed E-state index contributed by atoms with van der Waals surface area (Å²) in [6.07, 6.45) is 1.93. The number of aliphatic hydroxyl groups is 1. The van der Waals surface area contributed by atoms with Crippen LogP contribution < -0.4 is 0 Å². The van der Waals surface area contributed by atoms with E-state index in [0.717, 1.165) is 16.1 Å². The first-order valence-electron chi connectivity index (χ1n) is 6.30.